The number of hydrazone groups is 1. The number of amides is 1. The number of aromatic amines is 1. The van der Waals surface area contributed by atoms with Crippen LogP contribution in [0.3, 0.4) is 0 Å². The summed E-state index contributed by atoms with van der Waals surface area (Å²) in [6, 6.07) is 12.6. The highest BCUT2D eigenvalue weighted by Crippen LogP contribution is 2.22. The first-order valence-electron chi connectivity index (χ1n) is 7.97. The monoisotopic (exact) mass is 368 g/mol. The molecule has 7 nitrogen and oxygen atoms in total. The van der Waals surface area contributed by atoms with Crippen molar-refractivity contribution in [2.24, 2.45) is 5.10 Å². The van der Waals surface area contributed by atoms with Crippen molar-refractivity contribution in [1.82, 2.24) is 15.6 Å². The second-order valence-corrected chi connectivity index (χ2v) is 5.48. The number of nitrogens with zero attached hydrogens (tertiary/aromatic N) is 2. The number of carbonyl (C=O) groups excluding carboxylic acids is 1. The van der Waals surface area contributed by atoms with Gasteiger partial charge in [-0.2, -0.15) is 10.2 Å². The third-order valence-electron chi connectivity index (χ3n) is 3.77. The molecule has 0 bridgehead atoms. The summed E-state index contributed by atoms with van der Waals surface area (Å²) in [5, 5.41) is 10.6. The normalized spacial score (nSPS) is 10.8. The molecule has 138 valence electrons. The lowest BCUT2D eigenvalue weighted by Crippen LogP contribution is -2.18. The van der Waals surface area contributed by atoms with Crippen LogP contribution in [0, 0.1) is 5.82 Å². The molecule has 0 aliphatic heterocycles. The first-order valence-corrected chi connectivity index (χ1v) is 7.97. The summed E-state index contributed by atoms with van der Waals surface area (Å²) in [7, 11) is 3.10. The van der Waals surface area contributed by atoms with Crippen LogP contribution in [0.25, 0.3) is 11.3 Å². The van der Waals surface area contributed by atoms with Crippen molar-refractivity contribution in [3.63, 3.8) is 0 Å². The largest absolute Gasteiger partial charge is 0.497 e. The second-order valence-electron chi connectivity index (χ2n) is 5.48. The van der Waals surface area contributed by atoms with Gasteiger partial charge in [0.15, 0.2) is 0 Å². The molecule has 0 radical (unpaired) electrons. The topological polar surface area (TPSA) is 88.6 Å². The minimum absolute atomic E-state index is 0.226. The third kappa shape index (κ3) is 4.30. The lowest BCUT2D eigenvalue weighted by molar-refractivity contribution is 0.0950. The van der Waals surface area contributed by atoms with Gasteiger partial charge in [0.25, 0.3) is 5.91 Å². The van der Waals surface area contributed by atoms with Gasteiger partial charge in [0.1, 0.15) is 23.0 Å². The van der Waals surface area contributed by atoms with Gasteiger partial charge in [-0.3, -0.25) is 9.89 Å². The van der Waals surface area contributed by atoms with Crippen LogP contribution >= 0.6 is 0 Å². The number of methoxy groups -OCH3 is 2. The number of rotatable bonds is 6. The Bertz CT molecular complexity index is 967. The zero-order valence-corrected chi connectivity index (χ0v) is 14.7. The molecule has 3 rings (SSSR count). The average Bonchev–Trinajstić information content (AvgIpc) is 3.18. The van der Waals surface area contributed by atoms with Crippen molar-refractivity contribution < 1.29 is 18.7 Å². The van der Waals surface area contributed by atoms with Crippen LogP contribution < -0.4 is 14.9 Å². The van der Waals surface area contributed by atoms with Crippen molar-refractivity contribution in [2.75, 3.05) is 14.2 Å². The van der Waals surface area contributed by atoms with Gasteiger partial charge in [0, 0.05) is 11.1 Å². The smallest absolute Gasteiger partial charge is 0.289 e. The third-order valence-corrected chi connectivity index (χ3v) is 3.77. The molecule has 0 saturated heterocycles. The Morgan fingerprint density at radius 3 is 2.63 bits per heavy atom. The van der Waals surface area contributed by atoms with Gasteiger partial charge in [0.05, 0.1) is 26.1 Å². The number of benzene rings is 2. The molecule has 8 heteroatoms. The van der Waals surface area contributed by atoms with Crippen LogP contribution in [-0.4, -0.2) is 36.5 Å². The fourth-order valence-corrected chi connectivity index (χ4v) is 2.37. The highest BCUT2D eigenvalue weighted by atomic mass is 19.1. The molecular formula is C19H17FN4O3. The summed E-state index contributed by atoms with van der Waals surface area (Å²) in [6.07, 6.45) is 1.45. The van der Waals surface area contributed by atoms with Crippen molar-refractivity contribution in [3.05, 3.63) is 65.6 Å². The van der Waals surface area contributed by atoms with E-state index in [1.54, 1.807) is 50.6 Å². The summed E-state index contributed by atoms with van der Waals surface area (Å²) < 4.78 is 23.4. The Balaban J connectivity index is 1.69. The maximum Gasteiger partial charge on any atom is 0.289 e. The number of H-pyrrole nitrogens is 1. The number of nitrogens with one attached hydrogen (secondary N) is 2. The molecule has 0 aliphatic carbocycles. The van der Waals surface area contributed by atoms with E-state index in [0.717, 1.165) is 0 Å². The van der Waals surface area contributed by atoms with Crippen LogP contribution in [0.15, 0.2) is 53.6 Å². The number of hydrogen-bond donors (Lipinski definition) is 2. The summed E-state index contributed by atoms with van der Waals surface area (Å²) >= 11 is 0. The molecule has 0 spiro atoms. The first-order chi connectivity index (χ1) is 13.1. The van der Waals surface area contributed by atoms with Gasteiger partial charge < -0.3 is 9.47 Å². The van der Waals surface area contributed by atoms with Gasteiger partial charge in [-0.25, -0.2) is 9.82 Å². The van der Waals surface area contributed by atoms with Gasteiger partial charge in [-0.1, -0.05) is 0 Å². The molecule has 1 heterocycles. The first kappa shape index (κ1) is 18.1. The Kier molecular flexibility index (Phi) is 5.46. The highest BCUT2D eigenvalue weighted by molar-refractivity contribution is 5.94. The van der Waals surface area contributed by atoms with E-state index in [1.165, 1.54) is 18.3 Å². The predicted octanol–water partition coefficient (Wildman–Crippen LogP) is 3.00. The molecule has 1 amide bonds. The Hall–Kier alpha value is -3.68. The number of carbonyl (C=O) groups is 1. The molecule has 0 saturated carbocycles. The van der Waals surface area contributed by atoms with Crippen LogP contribution in [-0.2, 0) is 0 Å². The Labute approximate surface area is 154 Å². The van der Waals surface area contributed by atoms with Gasteiger partial charge in [-0.15, -0.1) is 0 Å². The van der Waals surface area contributed by atoms with E-state index >= 15 is 0 Å². The molecule has 0 atom stereocenters. The van der Waals surface area contributed by atoms with Crippen molar-refractivity contribution in [1.29, 1.82) is 0 Å². The van der Waals surface area contributed by atoms with Gasteiger partial charge >= 0.3 is 0 Å². The predicted molar refractivity (Wildman–Crippen MR) is 98.6 cm³/mol. The Morgan fingerprint density at radius 1 is 1.15 bits per heavy atom. The lowest BCUT2D eigenvalue weighted by Gasteiger charge is -2.06. The fraction of sp³-hybridized carbons (Fsp3) is 0.105. The summed E-state index contributed by atoms with van der Waals surface area (Å²) in [4.78, 5) is 12.2. The number of aromatic nitrogens is 2. The zero-order valence-electron chi connectivity index (χ0n) is 14.7. The van der Waals surface area contributed by atoms with Crippen LogP contribution in [0.4, 0.5) is 4.39 Å². The van der Waals surface area contributed by atoms with E-state index in [1.807, 2.05) is 0 Å². The minimum atomic E-state index is -0.464. The molecule has 3 aromatic rings. The summed E-state index contributed by atoms with van der Waals surface area (Å²) in [5.41, 5.74) is 4.50. The highest BCUT2D eigenvalue weighted by Gasteiger charge is 2.10. The van der Waals surface area contributed by atoms with E-state index in [4.69, 9.17) is 9.47 Å². The molecule has 27 heavy (non-hydrogen) atoms. The van der Waals surface area contributed by atoms with E-state index in [9.17, 15) is 9.18 Å². The number of halogens is 1. The molecule has 1 aromatic heterocycles. The van der Waals surface area contributed by atoms with Crippen molar-refractivity contribution >= 4 is 12.1 Å². The SMILES string of the molecule is COc1ccc(OC)c(/C=N\NC(=O)c2cc(-c3ccc(F)cc3)n[nH]2)c1. The molecular weight excluding hydrogens is 351 g/mol. The van der Waals surface area contributed by atoms with Gasteiger partial charge in [-0.05, 0) is 48.5 Å². The molecule has 2 aromatic carbocycles. The number of hydrogen-bond acceptors (Lipinski definition) is 5. The van der Waals surface area contributed by atoms with Gasteiger partial charge in [0.2, 0.25) is 0 Å². The van der Waals surface area contributed by atoms with E-state index in [2.05, 4.69) is 20.7 Å². The summed E-state index contributed by atoms with van der Waals surface area (Å²) in [6.45, 7) is 0. The van der Waals surface area contributed by atoms with Crippen LogP contribution in [0.5, 0.6) is 11.5 Å². The zero-order chi connectivity index (χ0) is 19.2. The quantitative estimate of drug-likeness (QED) is 0.517. The van der Waals surface area contributed by atoms with Crippen molar-refractivity contribution in [2.45, 2.75) is 0 Å². The second kappa shape index (κ2) is 8.13. The van der Waals surface area contributed by atoms with E-state index in [-0.39, 0.29) is 11.5 Å². The number of ether oxygens (including phenoxy) is 2. The average molecular weight is 368 g/mol. The molecule has 0 fully saturated rings. The lowest BCUT2D eigenvalue weighted by atomic mass is 10.1. The van der Waals surface area contributed by atoms with E-state index < -0.39 is 5.91 Å². The Morgan fingerprint density at radius 2 is 1.93 bits per heavy atom. The summed E-state index contributed by atoms with van der Waals surface area (Å²) in [5.74, 6) is 0.429. The molecule has 0 aliphatic rings. The fourth-order valence-electron chi connectivity index (χ4n) is 2.37. The minimum Gasteiger partial charge on any atom is -0.497 e. The maximum absolute atomic E-state index is 13.0. The maximum atomic E-state index is 13.0. The van der Waals surface area contributed by atoms with Crippen LogP contribution in [0.2, 0.25) is 0 Å². The molecule has 0 unspecified atom stereocenters. The van der Waals surface area contributed by atoms with Crippen LogP contribution in [0.1, 0.15) is 16.1 Å². The van der Waals surface area contributed by atoms with E-state index in [0.29, 0.717) is 28.3 Å². The molecule has 2 N–H and O–H groups in total. The van der Waals surface area contributed by atoms with Crippen molar-refractivity contribution in [3.8, 4) is 22.8 Å². The standard InChI is InChI=1S/C19H17FN4O3/c1-26-15-7-8-18(27-2)13(9-15)11-21-24-19(25)17-10-16(22-23-17)12-3-5-14(20)6-4-12/h3-11H,1-2H3,(H,22,23)(H,24,25)/b21-11-.